The highest BCUT2D eigenvalue weighted by Gasteiger charge is 2.18. The molecule has 0 aliphatic carbocycles. The summed E-state index contributed by atoms with van der Waals surface area (Å²) < 4.78 is 0.920. The van der Waals surface area contributed by atoms with Gasteiger partial charge >= 0.3 is 0 Å². The summed E-state index contributed by atoms with van der Waals surface area (Å²) in [6, 6.07) is 26.0. The minimum absolute atomic E-state index is 0.0445. The molecule has 0 saturated carbocycles. The molecule has 1 heterocycles. The fraction of sp³-hybridized carbons (Fsp3) is 0.154. The highest BCUT2D eigenvalue weighted by atomic mass is 79.9. The number of benzene rings is 3. The number of halogens is 1. The molecule has 0 unspecified atom stereocenters. The van der Waals surface area contributed by atoms with E-state index in [1.165, 1.54) is 5.56 Å². The van der Waals surface area contributed by atoms with Gasteiger partial charge in [0.2, 0.25) is 0 Å². The third-order valence-corrected chi connectivity index (χ3v) is 5.77. The molecule has 1 amide bonds. The first-order valence-corrected chi connectivity index (χ1v) is 10.9. The lowest BCUT2D eigenvalue weighted by Crippen LogP contribution is -2.28. The molecule has 3 aromatic carbocycles. The van der Waals surface area contributed by atoms with Crippen LogP contribution in [-0.2, 0) is 0 Å². The number of nitrogens with zero attached hydrogens (tertiary/aromatic N) is 1. The van der Waals surface area contributed by atoms with Crippen LogP contribution >= 0.6 is 15.9 Å². The third kappa shape index (κ3) is 4.29. The minimum Gasteiger partial charge on any atom is -0.345 e. The number of fused-ring (bicyclic) bond motifs is 1. The Morgan fingerprint density at radius 1 is 1.00 bits per heavy atom. The molecule has 1 N–H and O–H groups in total. The molecule has 0 radical (unpaired) electrons. The Kier molecular flexibility index (Phi) is 5.96. The zero-order valence-electron chi connectivity index (χ0n) is 17.0. The van der Waals surface area contributed by atoms with E-state index >= 15 is 0 Å². The second-order valence-electron chi connectivity index (χ2n) is 7.43. The fourth-order valence-electron chi connectivity index (χ4n) is 3.60. The van der Waals surface area contributed by atoms with Crippen LogP contribution in [0.15, 0.2) is 83.3 Å². The van der Waals surface area contributed by atoms with Crippen molar-refractivity contribution in [3.63, 3.8) is 0 Å². The highest BCUT2D eigenvalue weighted by Crippen LogP contribution is 2.28. The van der Waals surface area contributed by atoms with Gasteiger partial charge in [0, 0.05) is 15.4 Å². The number of carbonyl (C=O) groups is 1. The zero-order chi connectivity index (χ0) is 21.1. The lowest BCUT2D eigenvalue weighted by molar-refractivity contribution is 0.0937. The Balaban J connectivity index is 1.78. The van der Waals surface area contributed by atoms with E-state index in [0.717, 1.165) is 38.6 Å². The molecule has 3 nitrogen and oxygen atoms in total. The van der Waals surface area contributed by atoms with Crippen LogP contribution in [0.4, 0.5) is 0 Å². The van der Waals surface area contributed by atoms with Crippen LogP contribution in [0.3, 0.4) is 0 Å². The summed E-state index contributed by atoms with van der Waals surface area (Å²) in [6.07, 6.45) is 0.813. The lowest BCUT2D eigenvalue weighted by Gasteiger charge is -2.18. The van der Waals surface area contributed by atoms with Gasteiger partial charge in [-0.05, 0) is 43.2 Å². The lowest BCUT2D eigenvalue weighted by atomic mass is 10.0. The van der Waals surface area contributed by atoms with E-state index in [4.69, 9.17) is 4.98 Å². The van der Waals surface area contributed by atoms with Gasteiger partial charge < -0.3 is 5.32 Å². The average molecular weight is 459 g/mol. The monoisotopic (exact) mass is 458 g/mol. The summed E-state index contributed by atoms with van der Waals surface area (Å²) in [4.78, 5) is 18.2. The van der Waals surface area contributed by atoms with Crippen molar-refractivity contribution in [1.82, 2.24) is 10.3 Å². The number of hydrogen-bond acceptors (Lipinski definition) is 2. The Morgan fingerprint density at radius 2 is 1.73 bits per heavy atom. The van der Waals surface area contributed by atoms with Gasteiger partial charge in [0.15, 0.2) is 0 Å². The van der Waals surface area contributed by atoms with Gasteiger partial charge in [0.1, 0.15) is 0 Å². The van der Waals surface area contributed by atoms with Crippen LogP contribution in [0.1, 0.15) is 40.9 Å². The van der Waals surface area contributed by atoms with E-state index in [2.05, 4.69) is 47.2 Å². The molecule has 4 rings (SSSR count). The molecule has 0 saturated heterocycles. The van der Waals surface area contributed by atoms with Gasteiger partial charge in [-0.2, -0.15) is 0 Å². The van der Waals surface area contributed by atoms with E-state index < -0.39 is 0 Å². The molecule has 0 spiro atoms. The number of hydrogen-bond donors (Lipinski definition) is 1. The topological polar surface area (TPSA) is 42.0 Å². The van der Waals surface area contributed by atoms with Crippen molar-refractivity contribution in [2.75, 3.05) is 0 Å². The van der Waals surface area contributed by atoms with Crippen molar-refractivity contribution in [2.45, 2.75) is 26.3 Å². The number of aromatic nitrogens is 1. The molecule has 0 aliphatic rings. The van der Waals surface area contributed by atoms with Crippen LogP contribution in [0, 0.1) is 6.92 Å². The van der Waals surface area contributed by atoms with Crippen molar-refractivity contribution in [3.05, 3.63) is 100 Å². The van der Waals surface area contributed by atoms with Crippen LogP contribution < -0.4 is 5.32 Å². The molecule has 1 aromatic heterocycles. The summed E-state index contributed by atoms with van der Waals surface area (Å²) in [7, 11) is 0. The third-order valence-electron chi connectivity index (χ3n) is 5.28. The van der Waals surface area contributed by atoms with Crippen molar-refractivity contribution in [3.8, 4) is 11.3 Å². The summed E-state index contributed by atoms with van der Waals surface area (Å²) >= 11 is 3.53. The number of nitrogens with one attached hydrogen (secondary N) is 1. The first kappa shape index (κ1) is 20.3. The number of amides is 1. The Bertz CT molecular complexity index is 1190. The Labute approximate surface area is 185 Å². The maximum atomic E-state index is 13.4. The van der Waals surface area contributed by atoms with Crippen molar-refractivity contribution in [2.24, 2.45) is 0 Å². The van der Waals surface area contributed by atoms with Crippen LogP contribution in [0.25, 0.3) is 22.2 Å². The molecular weight excluding hydrogens is 436 g/mol. The van der Waals surface area contributed by atoms with Gasteiger partial charge in [0.05, 0.1) is 22.8 Å². The number of rotatable bonds is 5. The summed E-state index contributed by atoms with van der Waals surface area (Å²) in [6.45, 7) is 4.14. The molecule has 0 bridgehead atoms. The maximum Gasteiger partial charge on any atom is 0.252 e. The second-order valence-corrected chi connectivity index (χ2v) is 8.34. The molecule has 1 atom stereocenters. The first-order chi connectivity index (χ1) is 14.5. The summed E-state index contributed by atoms with van der Waals surface area (Å²) in [5.74, 6) is -0.0930. The molecule has 30 heavy (non-hydrogen) atoms. The van der Waals surface area contributed by atoms with Gasteiger partial charge in [-0.25, -0.2) is 4.98 Å². The van der Waals surface area contributed by atoms with Gasteiger partial charge in [-0.1, -0.05) is 83.0 Å². The predicted octanol–water partition coefficient (Wildman–Crippen LogP) is 6.85. The van der Waals surface area contributed by atoms with Crippen LogP contribution in [0.5, 0.6) is 0 Å². The molecule has 0 fully saturated rings. The van der Waals surface area contributed by atoms with Crippen molar-refractivity contribution < 1.29 is 4.79 Å². The predicted molar refractivity (Wildman–Crippen MR) is 127 cm³/mol. The van der Waals surface area contributed by atoms with Crippen LogP contribution in [-0.4, -0.2) is 10.9 Å². The summed E-state index contributed by atoms with van der Waals surface area (Å²) in [5, 5.41) is 4.05. The van der Waals surface area contributed by atoms with E-state index in [1.54, 1.807) is 0 Å². The quantitative estimate of drug-likeness (QED) is 0.355. The van der Waals surface area contributed by atoms with Crippen molar-refractivity contribution in [1.29, 1.82) is 0 Å². The van der Waals surface area contributed by atoms with Gasteiger partial charge in [0.25, 0.3) is 5.91 Å². The molecule has 4 aromatic rings. The highest BCUT2D eigenvalue weighted by molar-refractivity contribution is 9.10. The number of pyridine rings is 1. The molecule has 150 valence electrons. The smallest absolute Gasteiger partial charge is 0.252 e. The maximum absolute atomic E-state index is 13.4. The number of carbonyl (C=O) groups excluding carboxylic acids is 1. The van der Waals surface area contributed by atoms with E-state index in [0.29, 0.717) is 5.56 Å². The minimum atomic E-state index is -0.0930. The molecule has 4 heteroatoms. The Hall–Kier alpha value is -2.98. The van der Waals surface area contributed by atoms with Crippen molar-refractivity contribution >= 4 is 32.7 Å². The Morgan fingerprint density at radius 3 is 2.43 bits per heavy atom. The zero-order valence-corrected chi connectivity index (χ0v) is 18.6. The first-order valence-electron chi connectivity index (χ1n) is 10.1. The second kappa shape index (κ2) is 8.80. The molecular formula is C26H23BrN2O. The summed E-state index contributed by atoms with van der Waals surface area (Å²) in [5.41, 5.74) is 5.51. The van der Waals surface area contributed by atoms with Crippen LogP contribution in [0.2, 0.25) is 0 Å². The fourth-order valence-corrected chi connectivity index (χ4v) is 3.96. The number of aryl methyl sites for hydroxylation is 1. The van der Waals surface area contributed by atoms with Gasteiger partial charge in [-0.3, -0.25) is 4.79 Å². The largest absolute Gasteiger partial charge is 0.345 e. The van der Waals surface area contributed by atoms with E-state index in [9.17, 15) is 4.79 Å². The standard InChI is InChI=1S/C26H23BrN2O/c1-3-23(18-7-5-4-6-8-18)29-26(30)22-16-25(19-11-9-17(2)10-12-19)28-24-14-13-20(27)15-21(22)24/h4-16,23H,3H2,1-2H3,(H,29,30)/t23-/m0/s1. The van der Waals surface area contributed by atoms with E-state index in [1.807, 2.05) is 66.7 Å². The van der Waals surface area contributed by atoms with E-state index in [-0.39, 0.29) is 11.9 Å². The molecule has 0 aliphatic heterocycles. The average Bonchev–Trinajstić information content (AvgIpc) is 2.77. The SMILES string of the molecule is CC[C@H](NC(=O)c1cc(-c2ccc(C)cc2)nc2ccc(Br)cc12)c1ccccc1. The normalized spacial score (nSPS) is 12.0. The van der Waals surface area contributed by atoms with Gasteiger partial charge in [-0.15, -0.1) is 0 Å².